The van der Waals surface area contributed by atoms with Crippen LogP contribution in [0, 0.1) is 0 Å². The first kappa shape index (κ1) is 14.8. The third kappa shape index (κ3) is 3.96. The van der Waals surface area contributed by atoms with E-state index in [2.05, 4.69) is 4.72 Å². The van der Waals surface area contributed by atoms with Crippen molar-refractivity contribution in [2.45, 2.75) is 37.9 Å². The molecule has 0 spiro atoms. The maximum Gasteiger partial charge on any atom is 0.338 e. The summed E-state index contributed by atoms with van der Waals surface area (Å²) in [6, 6.07) is 6.30. The molecule has 1 saturated carbocycles. The lowest BCUT2D eigenvalue weighted by Gasteiger charge is -2.08. The molecule has 0 saturated heterocycles. The Kier molecular flexibility index (Phi) is 4.65. The number of hydrogen-bond acceptors (Lipinski definition) is 4. The molecule has 1 aromatic rings. The van der Waals surface area contributed by atoms with Crippen LogP contribution in [-0.4, -0.2) is 26.2 Å². The molecule has 0 atom stereocenters. The molecule has 1 N–H and O–H groups in total. The third-order valence-corrected chi connectivity index (χ3v) is 4.94. The molecule has 0 radical (unpaired) electrons. The highest BCUT2D eigenvalue weighted by Crippen LogP contribution is 2.29. The van der Waals surface area contributed by atoms with Crippen molar-refractivity contribution in [2.75, 3.05) is 11.3 Å². The third-order valence-electron chi connectivity index (χ3n) is 3.07. The summed E-state index contributed by atoms with van der Waals surface area (Å²) in [4.78, 5) is 11.7. The SMILES string of the molecule is CCCCOC(=O)c1ccc(NS(=O)(=O)C2CC2)cc1. The van der Waals surface area contributed by atoms with E-state index in [1.54, 1.807) is 24.3 Å². The lowest BCUT2D eigenvalue weighted by atomic mass is 10.2. The van der Waals surface area contributed by atoms with Crippen molar-refractivity contribution in [3.8, 4) is 0 Å². The number of rotatable bonds is 7. The van der Waals surface area contributed by atoms with E-state index in [1.807, 2.05) is 6.92 Å². The van der Waals surface area contributed by atoms with Crippen molar-refractivity contribution >= 4 is 21.7 Å². The lowest BCUT2D eigenvalue weighted by Crippen LogP contribution is -2.17. The highest BCUT2D eigenvalue weighted by atomic mass is 32.2. The summed E-state index contributed by atoms with van der Waals surface area (Å²) in [7, 11) is -3.26. The number of sulfonamides is 1. The minimum absolute atomic E-state index is 0.263. The fourth-order valence-electron chi connectivity index (χ4n) is 1.69. The first-order valence-electron chi connectivity index (χ1n) is 6.82. The highest BCUT2D eigenvalue weighted by Gasteiger charge is 2.35. The molecule has 2 rings (SSSR count). The predicted octanol–water partition coefficient (Wildman–Crippen LogP) is 2.55. The van der Waals surface area contributed by atoms with Crippen LogP contribution in [0.25, 0.3) is 0 Å². The number of benzene rings is 1. The molecule has 1 aliphatic carbocycles. The van der Waals surface area contributed by atoms with Crippen molar-refractivity contribution in [1.82, 2.24) is 0 Å². The number of ether oxygens (including phenoxy) is 1. The normalized spacial score (nSPS) is 14.8. The summed E-state index contributed by atoms with van der Waals surface area (Å²) in [5.74, 6) is -0.380. The van der Waals surface area contributed by atoms with Gasteiger partial charge in [-0.15, -0.1) is 0 Å². The van der Waals surface area contributed by atoms with Crippen LogP contribution >= 0.6 is 0 Å². The lowest BCUT2D eigenvalue weighted by molar-refractivity contribution is 0.0500. The van der Waals surface area contributed by atoms with Crippen molar-refractivity contribution in [2.24, 2.45) is 0 Å². The summed E-state index contributed by atoms with van der Waals surface area (Å²) in [6.45, 7) is 2.43. The van der Waals surface area contributed by atoms with Gasteiger partial charge < -0.3 is 4.74 Å². The Hall–Kier alpha value is -1.56. The van der Waals surface area contributed by atoms with Crippen LogP contribution in [0.2, 0.25) is 0 Å². The topological polar surface area (TPSA) is 72.5 Å². The number of nitrogens with one attached hydrogen (secondary N) is 1. The Labute approximate surface area is 119 Å². The van der Waals surface area contributed by atoms with Crippen LogP contribution in [0.3, 0.4) is 0 Å². The zero-order valence-corrected chi connectivity index (χ0v) is 12.3. The maximum atomic E-state index is 11.8. The van der Waals surface area contributed by atoms with E-state index in [0.29, 0.717) is 17.9 Å². The average molecular weight is 297 g/mol. The largest absolute Gasteiger partial charge is 0.462 e. The highest BCUT2D eigenvalue weighted by molar-refractivity contribution is 7.93. The Bertz CT molecular complexity index is 561. The van der Waals surface area contributed by atoms with Gasteiger partial charge in [0.05, 0.1) is 17.4 Å². The monoisotopic (exact) mass is 297 g/mol. The molecule has 0 aliphatic heterocycles. The number of carbonyl (C=O) groups excluding carboxylic acids is 1. The predicted molar refractivity (Wildman–Crippen MR) is 77.2 cm³/mol. The molecule has 0 unspecified atom stereocenters. The van der Waals surface area contributed by atoms with Gasteiger partial charge in [-0.2, -0.15) is 0 Å². The summed E-state index contributed by atoms with van der Waals surface area (Å²) in [5.41, 5.74) is 0.900. The van der Waals surface area contributed by atoms with Gasteiger partial charge in [0, 0.05) is 5.69 Å². The Morgan fingerprint density at radius 2 is 1.95 bits per heavy atom. The van der Waals surface area contributed by atoms with E-state index >= 15 is 0 Å². The minimum Gasteiger partial charge on any atom is -0.462 e. The number of unbranched alkanes of at least 4 members (excludes halogenated alkanes) is 1. The van der Waals surface area contributed by atoms with Crippen LogP contribution in [0.4, 0.5) is 5.69 Å². The molecular weight excluding hydrogens is 278 g/mol. The van der Waals surface area contributed by atoms with Crippen LogP contribution in [0.1, 0.15) is 43.0 Å². The number of esters is 1. The smallest absolute Gasteiger partial charge is 0.338 e. The van der Waals surface area contributed by atoms with Crippen molar-refractivity contribution < 1.29 is 17.9 Å². The van der Waals surface area contributed by atoms with Gasteiger partial charge in [-0.25, -0.2) is 13.2 Å². The molecule has 1 fully saturated rings. The fraction of sp³-hybridized carbons (Fsp3) is 0.500. The van der Waals surface area contributed by atoms with Gasteiger partial charge in [0.25, 0.3) is 0 Å². The standard InChI is InChI=1S/C14H19NO4S/c1-2-3-10-19-14(16)11-4-6-12(7-5-11)15-20(17,18)13-8-9-13/h4-7,13,15H,2-3,8-10H2,1H3. The number of anilines is 1. The number of carbonyl (C=O) groups is 1. The molecule has 0 aromatic heterocycles. The molecule has 110 valence electrons. The Morgan fingerprint density at radius 3 is 2.50 bits per heavy atom. The Morgan fingerprint density at radius 1 is 1.30 bits per heavy atom. The minimum atomic E-state index is -3.26. The van der Waals surface area contributed by atoms with E-state index in [1.165, 1.54) is 0 Å². The van der Waals surface area contributed by atoms with E-state index < -0.39 is 10.0 Å². The van der Waals surface area contributed by atoms with E-state index in [4.69, 9.17) is 4.74 Å². The Balaban J connectivity index is 1.94. The van der Waals surface area contributed by atoms with Gasteiger partial charge in [0.2, 0.25) is 10.0 Å². The molecular formula is C14H19NO4S. The average Bonchev–Trinajstić information content (AvgIpc) is 3.24. The van der Waals surface area contributed by atoms with Gasteiger partial charge in [-0.1, -0.05) is 13.3 Å². The van der Waals surface area contributed by atoms with Gasteiger partial charge in [0.15, 0.2) is 0 Å². The van der Waals surface area contributed by atoms with Crippen molar-refractivity contribution in [3.63, 3.8) is 0 Å². The van der Waals surface area contributed by atoms with Crippen LogP contribution in [0.5, 0.6) is 0 Å². The van der Waals surface area contributed by atoms with E-state index in [9.17, 15) is 13.2 Å². The van der Waals surface area contributed by atoms with Crippen molar-refractivity contribution in [3.05, 3.63) is 29.8 Å². The first-order chi connectivity index (χ1) is 9.53. The van der Waals surface area contributed by atoms with E-state index in [0.717, 1.165) is 25.7 Å². The van der Waals surface area contributed by atoms with Crippen molar-refractivity contribution in [1.29, 1.82) is 0 Å². The second kappa shape index (κ2) is 6.26. The summed E-state index contributed by atoms with van der Waals surface area (Å²) >= 11 is 0. The molecule has 0 amide bonds. The summed E-state index contributed by atoms with van der Waals surface area (Å²) < 4.78 is 31.1. The second-order valence-electron chi connectivity index (χ2n) is 4.91. The zero-order chi connectivity index (χ0) is 14.6. The molecule has 0 bridgehead atoms. The van der Waals surface area contributed by atoms with Gasteiger partial charge in [0.1, 0.15) is 0 Å². The van der Waals surface area contributed by atoms with Crippen LogP contribution in [-0.2, 0) is 14.8 Å². The molecule has 0 heterocycles. The fourth-order valence-corrected chi connectivity index (χ4v) is 3.08. The van der Waals surface area contributed by atoms with Gasteiger partial charge in [-0.05, 0) is 43.5 Å². The van der Waals surface area contributed by atoms with Gasteiger partial charge in [-0.3, -0.25) is 4.72 Å². The quantitative estimate of drug-likeness (QED) is 0.620. The molecule has 1 aliphatic rings. The second-order valence-corrected chi connectivity index (χ2v) is 6.87. The molecule has 20 heavy (non-hydrogen) atoms. The summed E-state index contributed by atoms with van der Waals surface area (Å²) in [5, 5.41) is -0.263. The van der Waals surface area contributed by atoms with Gasteiger partial charge >= 0.3 is 5.97 Å². The zero-order valence-electron chi connectivity index (χ0n) is 11.5. The molecule has 1 aromatic carbocycles. The van der Waals surface area contributed by atoms with E-state index in [-0.39, 0.29) is 11.2 Å². The summed E-state index contributed by atoms with van der Waals surface area (Å²) in [6.07, 6.45) is 3.24. The molecule has 5 nitrogen and oxygen atoms in total. The number of hydrogen-bond donors (Lipinski definition) is 1. The maximum absolute atomic E-state index is 11.8. The first-order valence-corrected chi connectivity index (χ1v) is 8.36. The van der Waals surface area contributed by atoms with Crippen LogP contribution < -0.4 is 4.72 Å². The van der Waals surface area contributed by atoms with Crippen LogP contribution in [0.15, 0.2) is 24.3 Å². The molecule has 6 heteroatoms.